The molecule has 1 unspecified atom stereocenters. The van der Waals surface area contributed by atoms with Crippen molar-refractivity contribution in [2.45, 2.75) is 46.1 Å². The molecule has 0 fully saturated rings. The highest BCUT2D eigenvalue weighted by Crippen LogP contribution is 2.21. The van der Waals surface area contributed by atoms with Gasteiger partial charge in [-0.05, 0) is 37.5 Å². The highest BCUT2D eigenvalue weighted by Gasteiger charge is 2.18. The monoisotopic (exact) mass is 389 g/mol. The molecule has 1 aromatic heterocycles. The highest BCUT2D eigenvalue weighted by atomic mass is 16.2. The van der Waals surface area contributed by atoms with Crippen molar-refractivity contribution in [1.82, 2.24) is 15.3 Å². The molecule has 2 N–H and O–H groups in total. The maximum Gasteiger partial charge on any atom is 0.221 e. The van der Waals surface area contributed by atoms with Crippen molar-refractivity contribution < 1.29 is 9.59 Å². The number of aromatic nitrogens is 2. The van der Waals surface area contributed by atoms with Crippen LogP contribution in [0.3, 0.4) is 0 Å². The maximum absolute atomic E-state index is 12.5. The van der Waals surface area contributed by atoms with Crippen LogP contribution < -0.4 is 5.32 Å². The number of aromatic amines is 1. The molecule has 0 radical (unpaired) electrons. The first-order chi connectivity index (χ1) is 14.0. The number of carbonyl (C=O) groups excluding carboxylic acids is 2. The summed E-state index contributed by atoms with van der Waals surface area (Å²) in [6.07, 6.45) is 2.84. The van der Waals surface area contributed by atoms with Gasteiger partial charge in [0.05, 0.1) is 17.9 Å². The van der Waals surface area contributed by atoms with Gasteiger partial charge in [-0.1, -0.05) is 55.0 Å². The number of benzene rings is 2. The number of Topliss-reactive ketones (excluding diaryl/α,β-unsaturated/α-hetero) is 1. The average Bonchev–Trinajstić information content (AvgIpc) is 3.22. The molecule has 0 aliphatic heterocycles. The van der Waals surface area contributed by atoms with Gasteiger partial charge in [-0.2, -0.15) is 0 Å². The van der Waals surface area contributed by atoms with Gasteiger partial charge < -0.3 is 10.3 Å². The number of carbonyl (C=O) groups is 2. The Hall–Kier alpha value is -3.21. The number of aryl methyl sites for hydroxylation is 2. The van der Waals surface area contributed by atoms with Crippen LogP contribution in [-0.4, -0.2) is 21.7 Å². The number of amides is 1. The van der Waals surface area contributed by atoms with Crippen molar-refractivity contribution in [3.63, 3.8) is 0 Å². The zero-order valence-electron chi connectivity index (χ0n) is 17.2. The van der Waals surface area contributed by atoms with E-state index in [1.165, 1.54) is 0 Å². The molecule has 0 bridgehead atoms. The Balaban J connectivity index is 1.60. The number of nitrogens with one attached hydrogen (secondary N) is 2. The molecule has 1 atom stereocenters. The van der Waals surface area contributed by atoms with Gasteiger partial charge in [0.15, 0.2) is 5.78 Å². The molecule has 5 heteroatoms. The van der Waals surface area contributed by atoms with Crippen molar-refractivity contribution in [3.8, 4) is 11.3 Å². The van der Waals surface area contributed by atoms with E-state index >= 15 is 0 Å². The third-order valence-corrected chi connectivity index (χ3v) is 5.03. The van der Waals surface area contributed by atoms with Crippen molar-refractivity contribution in [2.75, 3.05) is 0 Å². The van der Waals surface area contributed by atoms with Crippen LogP contribution in [0.4, 0.5) is 0 Å². The second-order valence-electron chi connectivity index (χ2n) is 7.32. The molecular weight excluding hydrogens is 362 g/mol. The molecular formula is C24H27N3O2. The molecule has 0 spiro atoms. The van der Waals surface area contributed by atoms with Gasteiger partial charge in [0.2, 0.25) is 5.91 Å². The largest absolute Gasteiger partial charge is 0.346 e. The molecule has 150 valence electrons. The fraction of sp³-hybridized carbons (Fsp3) is 0.292. The summed E-state index contributed by atoms with van der Waals surface area (Å²) >= 11 is 0. The summed E-state index contributed by atoms with van der Waals surface area (Å²) in [5, 5.41) is 3.00. The quantitative estimate of drug-likeness (QED) is 0.537. The van der Waals surface area contributed by atoms with E-state index < -0.39 is 0 Å². The van der Waals surface area contributed by atoms with E-state index in [2.05, 4.69) is 15.3 Å². The number of imidazole rings is 1. The van der Waals surface area contributed by atoms with Crippen molar-refractivity contribution in [2.24, 2.45) is 0 Å². The Kier molecular flexibility index (Phi) is 6.60. The zero-order chi connectivity index (χ0) is 20.8. The van der Waals surface area contributed by atoms with Gasteiger partial charge in [-0.25, -0.2) is 4.98 Å². The van der Waals surface area contributed by atoms with Crippen molar-refractivity contribution in [1.29, 1.82) is 0 Å². The predicted octanol–water partition coefficient (Wildman–Crippen LogP) is 4.92. The molecule has 5 nitrogen and oxygen atoms in total. The van der Waals surface area contributed by atoms with Crippen LogP contribution >= 0.6 is 0 Å². The Labute approximate surface area is 171 Å². The fourth-order valence-electron chi connectivity index (χ4n) is 3.31. The predicted molar refractivity (Wildman–Crippen MR) is 115 cm³/mol. The smallest absolute Gasteiger partial charge is 0.221 e. The van der Waals surface area contributed by atoms with Crippen LogP contribution in [-0.2, 0) is 4.79 Å². The Morgan fingerprint density at radius 3 is 2.55 bits per heavy atom. The van der Waals surface area contributed by atoms with E-state index in [1.807, 2.05) is 69.3 Å². The molecule has 2 aromatic carbocycles. The number of hydrogen-bond donors (Lipinski definition) is 2. The van der Waals surface area contributed by atoms with Crippen LogP contribution in [0.5, 0.6) is 0 Å². The Bertz CT molecular complexity index is 992. The Morgan fingerprint density at radius 2 is 1.83 bits per heavy atom. The van der Waals surface area contributed by atoms with Crippen LogP contribution in [0.15, 0.2) is 54.7 Å². The van der Waals surface area contributed by atoms with Crippen LogP contribution in [0.2, 0.25) is 0 Å². The van der Waals surface area contributed by atoms with Crippen LogP contribution in [0.25, 0.3) is 11.3 Å². The molecule has 3 rings (SSSR count). The highest BCUT2D eigenvalue weighted by molar-refractivity contribution is 5.99. The normalized spacial score (nSPS) is 11.8. The summed E-state index contributed by atoms with van der Waals surface area (Å²) in [7, 11) is 0. The first-order valence-electron chi connectivity index (χ1n) is 9.98. The average molecular weight is 389 g/mol. The minimum absolute atomic E-state index is 0.00115. The van der Waals surface area contributed by atoms with Gasteiger partial charge >= 0.3 is 0 Å². The summed E-state index contributed by atoms with van der Waals surface area (Å²) in [5.41, 5.74) is 4.64. The summed E-state index contributed by atoms with van der Waals surface area (Å²) in [4.78, 5) is 32.7. The molecule has 1 amide bonds. The zero-order valence-corrected chi connectivity index (χ0v) is 17.2. The lowest BCUT2D eigenvalue weighted by Gasteiger charge is -2.15. The number of rotatable bonds is 8. The number of hydrogen-bond acceptors (Lipinski definition) is 3. The van der Waals surface area contributed by atoms with Crippen LogP contribution in [0, 0.1) is 13.8 Å². The second kappa shape index (κ2) is 9.32. The number of nitrogens with zero attached hydrogens (tertiary/aromatic N) is 1. The van der Waals surface area contributed by atoms with E-state index in [-0.39, 0.29) is 30.6 Å². The van der Waals surface area contributed by atoms with E-state index in [1.54, 1.807) is 6.20 Å². The number of H-pyrrole nitrogens is 1. The molecule has 1 heterocycles. The van der Waals surface area contributed by atoms with Gasteiger partial charge in [0.1, 0.15) is 5.82 Å². The Morgan fingerprint density at radius 1 is 1.07 bits per heavy atom. The van der Waals surface area contributed by atoms with E-state index in [0.29, 0.717) is 12.0 Å². The summed E-state index contributed by atoms with van der Waals surface area (Å²) in [6.45, 7) is 5.87. The van der Waals surface area contributed by atoms with Crippen LogP contribution in [0.1, 0.15) is 59.5 Å². The lowest BCUT2D eigenvalue weighted by atomic mass is 9.99. The summed E-state index contributed by atoms with van der Waals surface area (Å²) < 4.78 is 0. The minimum atomic E-state index is -0.212. The lowest BCUT2D eigenvalue weighted by Crippen LogP contribution is -2.29. The molecule has 0 aliphatic carbocycles. The van der Waals surface area contributed by atoms with E-state index in [4.69, 9.17) is 0 Å². The van der Waals surface area contributed by atoms with E-state index in [0.717, 1.165) is 28.2 Å². The number of ketones is 1. The first kappa shape index (κ1) is 20.5. The third-order valence-electron chi connectivity index (χ3n) is 5.03. The van der Waals surface area contributed by atoms with Crippen molar-refractivity contribution in [3.05, 3.63) is 77.2 Å². The van der Waals surface area contributed by atoms with Gasteiger partial charge in [0.25, 0.3) is 0 Å². The maximum atomic E-state index is 12.5. The van der Waals surface area contributed by atoms with Crippen molar-refractivity contribution >= 4 is 11.7 Å². The molecule has 0 aliphatic rings. The first-order valence-corrected chi connectivity index (χ1v) is 9.98. The summed E-state index contributed by atoms with van der Waals surface area (Å²) in [6, 6.07) is 15.5. The SMILES string of the molecule is CCC(NC(=O)CCC(=O)c1cc(C)ccc1C)c1ncc(-c2ccccc2)[nH]1. The molecule has 0 saturated carbocycles. The van der Waals surface area contributed by atoms with Gasteiger partial charge in [-0.15, -0.1) is 0 Å². The molecule has 3 aromatic rings. The third kappa shape index (κ3) is 5.19. The molecule has 29 heavy (non-hydrogen) atoms. The molecule has 0 saturated heterocycles. The standard InChI is InChI=1S/C24H27N3O2/c1-4-20(24-25-15-21(27-24)18-8-6-5-7-9-18)26-23(29)13-12-22(28)19-14-16(2)10-11-17(19)3/h5-11,14-15,20H,4,12-13H2,1-3H3,(H,25,27)(H,26,29). The van der Waals surface area contributed by atoms with Gasteiger partial charge in [0, 0.05) is 18.4 Å². The fourth-order valence-corrected chi connectivity index (χ4v) is 3.31. The lowest BCUT2D eigenvalue weighted by molar-refractivity contribution is -0.121. The van der Waals surface area contributed by atoms with Gasteiger partial charge in [-0.3, -0.25) is 9.59 Å². The summed E-state index contributed by atoms with van der Waals surface area (Å²) in [5.74, 6) is 0.576. The van der Waals surface area contributed by atoms with E-state index in [9.17, 15) is 9.59 Å². The second-order valence-corrected chi connectivity index (χ2v) is 7.32. The minimum Gasteiger partial charge on any atom is -0.346 e. The topological polar surface area (TPSA) is 74.8 Å².